The molecule has 0 radical (unpaired) electrons. The number of aromatic nitrogens is 3. The predicted octanol–water partition coefficient (Wildman–Crippen LogP) is 0.853. The SMILES string of the molecule is NCCc1nnc2n1C(Cl)CCC2. The van der Waals surface area contributed by atoms with Crippen molar-refractivity contribution in [1.82, 2.24) is 14.8 Å². The van der Waals surface area contributed by atoms with Gasteiger partial charge in [-0.25, -0.2) is 0 Å². The van der Waals surface area contributed by atoms with E-state index in [1.165, 1.54) is 0 Å². The van der Waals surface area contributed by atoms with Crippen molar-refractivity contribution in [2.24, 2.45) is 5.73 Å². The van der Waals surface area contributed by atoms with Crippen LogP contribution >= 0.6 is 11.6 Å². The second-order valence-corrected chi connectivity index (χ2v) is 3.77. The lowest BCUT2D eigenvalue weighted by Crippen LogP contribution is -2.18. The lowest BCUT2D eigenvalue weighted by Gasteiger charge is -2.20. The normalized spacial score (nSPS) is 21.5. The first-order valence-electron chi connectivity index (χ1n) is 4.59. The smallest absolute Gasteiger partial charge is 0.135 e. The largest absolute Gasteiger partial charge is 0.330 e. The number of aryl methyl sites for hydroxylation is 1. The van der Waals surface area contributed by atoms with Gasteiger partial charge in [-0.2, -0.15) is 0 Å². The van der Waals surface area contributed by atoms with Crippen LogP contribution in [0.3, 0.4) is 0 Å². The molecule has 2 heterocycles. The first kappa shape index (κ1) is 8.97. The molecule has 0 amide bonds. The molecule has 0 aromatic carbocycles. The van der Waals surface area contributed by atoms with Crippen molar-refractivity contribution in [3.05, 3.63) is 11.6 Å². The Kier molecular flexibility index (Phi) is 2.51. The minimum atomic E-state index is 0.0281. The van der Waals surface area contributed by atoms with Crippen LogP contribution in [0.4, 0.5) is 0 Å². The molecule has 1 unspecified atom stereocenters. The van der Waals surface area contributed by atoms with E-state index in [0.717, 1.165) is 37.3 Å². The van der Waals surface area contributed by atoms with Gasteiger partial charge in [0.15, 0.2) is 0 Å². The molecule has 0 spiro atoms. The van der Waals surface area contributed by atoms with E-state index in [4.69, 9.17) is 17.3 Å². The van der Waals surface area contributed by atoms with E-state index in [1.54, 1.807) is 0 Å². The number of rotatable bonds is 2. The molecule has 72 valence electrons. The molecule has 2 N–H and O–H groups in total. The summed E-state index contributed by atoms with van der Waals surface area (Å²) in [5, 5.41) is 8.19. The van der Waals surface area contributed by atoms with Crippen LogP contribution in [0, 0.1) is 0 Å². The fourth-order valence-electron chi connectivity index (χ4n) is 1.71. The Morgan fingerprint density at radius 3 is 3.15 bits per heavy atom. The maximum Gasteiger partial charge on any atom is 0.135 e. The second kappa shape index (κ2) is 3.64. The van der Waals surface area contributed by atoms with Gasteiger partial charge >= 0.3 is 0 Å². The third-order valence-corrected chi connectivity index (χ3v) is 2.74. The summed E-state index contributed by atoms with van der Waals surface area (Å²) < 4.78 is 2.03. The lowest BCUT2D eigenvalue weighted by molar-refractivity contribution is 0.488. The van der Waals surface area contributed by atoms with Crippen LogP contribution in [0.1, 0.15) is 30.0 Å². The Labute approximate surface area is 82.1 Å². The van der Waals surface area contributed by atoms with Crippen molar-refractivity contribution in [3.8, 4) is 0 Å². The van der Waals surface area contributed by atoms with Crippen molar-refractivity contribution < 1.29 is 0 Å². The van der Waals surface area contributed by atoms with Crippen LogP contribution in [0.2, 0.25) is 0 Å². The first-order chi connectivity index (χ1) is 6.33. The lowest BCUT2D eigenvalue weighted by atomic mass is 10.1. The summed E-state index contributed by atoms with van der Waals surface area (Å²) in [6, 6.07) is 0. The number of nitrogens with zero attached hydrogens (tertiary/aromatic N) is 3. The summed E-state index contributed by atoms with van der Waals surface area (Å²) in [6.07, 6.45) is 3.86. The van der Waals surface area contributed by atoms with Crippen molar-refractivity contribution >= 4 is 11.6 Å². The molecule has 0 saturated carbocycles. The third-order valence-electron chi connectivity index (χ3n) is 2.33. The standard InChI is InChI=1S/C8H13ClN4/c9-6-2-1-3-7-11-12-8(4-5-10)13(6)7/h6H,1-5,10H2. The summed E-state index contributed by atoms with van der Waals surface area (Å²) in [6.45, 7) is 0.599. The summed E-state index contributed by atoms with van der Waals surface area (Å²) >= 11 is 6.17. The quantitative estimate of drug-likeness (QED) is 0.721. The van der Waals surface area contributed by atoms with Crippen LogP contribution in [0.15, 0.2) is 0 Å². The van der Waals surface area contributed by atoms with Crippen LogP contribution in [0.5, 0.6) is 0 Å². The van der Waals surface area contributed by atoms with E-state index in [2.05, 4.69) is 10.2 Å². The van der Waals surface area contributed by atoms with Crippen molar-refractivity contribution in [2.75, 3.05) is 6.54 Å². The fourth-order valence-corrected chi connectivity index (χ4v) is 2.09. The average molecular weight is 201 g/mol. The van der Waals surface area contributed by atoms with Gasteiger partial charge in [-0.1, -0.05) is 11.6 Å². The highest BCUT2D eigenvalue weighted by Gasteiger charge is 2.21. The number of hydrogen-bond donors (Lipinski definition) is 1. The van der Waals surface area contributed by atoms with Gasteiger partial charge < -0.3 is 5.73 Å². The molecule has 0 bridgehead atoms. The Balaban J connectivity index is 2.32. The van der Waals surface area contributed by atoms with E-state index >= 15 is 0 Å². The van der Waals surface area contributed by atoms with E-state index in [9.17, 15) is 0 Å². The van der Waals surface area contributed by atoms with Crippen molar-refractivity contribution in [1.29, 1.82) is 0 Å². The number of alkyl halides is 1. The Bertz CT molecular complexity index is 296. The van der Waals surface area contributed by atoms with Gasteiger partial charge in [0, 0.05) is 12.8 Å². The van der Waals surface area contributed by atoms with Gasteiger partial charge in [0.25, 0.3) is 0 Å². The Morgan fingerprint density at radius 1 is 1.54 bits per heavy atom. The van der Waals surface area contributed by atoms with Crippen LogP contribution in [0.25, 0.3) is 0 Å². The molecule has 1 aliphatic heterocycles. The average Bonchev–Trinajstić information content (AvgIpc) is 2.51. The van der Waals surface area contributed by atoms with Gasteiger partial charge in [-0.15, -0.1) is 10.2 Å². The van der Waals surface area contributed by atoms with Gasteiger partial charge in [-0.3, -0.25) is 4.57 Å². The highest BCUT2D eigenvalue weighted by molar-refractivity contribution is 6.19. The highest BCUT2D eigenvalue weighted by atomic mass is 35.5. The Hall–Kier alpha value is -0.610. The number of hydrogen-bond acceptors (Lipinski definition) is 3. The summed E-state index contributed by atoms with van der Waals surface area (Å²) in [7, 11) is 0. The molecule has 1 aromatic heterocycles. The summed E-state index contributed by atoms with van der Waals surface area (Å²) in [5.41, 5.74) is 5.50. The molecule has 0 aliphatic carbocycles. The topological polar surface area (TPSA) is 56.7 Å². The number of nitrogens with two attached hydrogens (primary N) is 1. The van der Waals surface area contributed by atoms with Gasteiger partial charge in [0.05, 0.1) is 0 Å². The maximum absolute atomic E-state index is 6.17. The first-order valence-corrected chi connectivity index (χ1v) is 5.03. The number of fused-ring (bicyclic) bond motifs is 1. The molecule has 0 saturated heterocycles. The molecule has 1 atom stereocenters. The molecule has 2 rings (SSSR count). The zero-order valence-corrected chi connectivity index (χ0v) is 8.17. The highest BCUT2D eigenvalue weighted by Crippen LogP contribution is 2.28. The van der Waals surface area contributed by atoms with Crippen LogP contribution in [-0.2, 0) is 12.8 Å². The molecule has 4 nitrogen and oxygen atoms in total. The second-order valence-electron chi connectivity index (χ2n) is 3.27. The van der Waals surface area contributed by atoms with Crippen LogP contribution in [-0.4, -0.2) is 21.3 Å². The van der Waals surface area contributed by atoms with Gasteiger partial charge in [0.1, 0.15) is 17.1 Å². The maximum atomic E-state index is 6.17. The minimum Gasteiger partial charge on any atom is -0.330 e. The van der Waals surface area contributed by atoms with E-state index in [-0.39, 0.29) is 5.50 Å². The molecule has 1 aromatic rings. The summed E-state index contributed by atoms with van der Waals surface area (Å²) in [5.74, 6) is 1.94. The van der Waals surface area contributed by atoms with E-state index in [0.29, 0.717) is 6.54 Å². The monoisotopic (exact) mass is 200 g/mol. The summed E-state index contributed by atoms with van der Waals surface area (Å²) in [4.78, 5) is 0. The van der Waals surface area contributed by atoms with Gasteiger partial charge in [-0.05, 0) is 19.4 Å². The molecular weight excluding hydrogens is 188 g/mol. The molecule has 0 fully saturated rings. The van der Waals surface area contributed by atoms with Crippen molar-refractivity contribution in [2.45, 2.75) is 31.2 Å². The Morgan fingerprint density at radius 2 is 2.38 bits per heavy atom. The molecular formula is C8H13ClN4. The number of halogens is 1. The molecule has 5 heteroatoms. The van der Waals surface area contributed by atoms with Gasteiger partial charge in [0.2, 0.25) is 0 Å². The van der Waals surface area contributed by atoms with Crippen LogP contribution < -0.4 is 5.73 Å². The molecule has 13 heavy (non-hydrogen) atoms. The van der Waals surface area contributed by atoms with E-state index in [1.807, 2.05) is 4.57 Å². The zero-order valence-electron chi connectivity index (χ0n) is 7.41. The zero-order chi connectivity index (χ0) is 9.26. The van der Waals surface area contributed by atoms with E-state index < -0.39 is 0 Å². The third kappa shape index (κ3) is 1.56. The molecule has 1 aliphatic rings. The predicted molar refractivity (Wildman–Crippen MR) is 50.6 cm³/mol. The minimum absolute atomic E-state index is 0.0281. The fraction of sp³-hybridized carbons (Fsp3) is 0.750. The van der Waals surface area contributed by atoms with Crippen molar-refractivity contribution in [3.63, 3.8) is 0 Å².